The number of anilines is 1. The Morgan fingerprint density at radius 2 is 1.90 bits per heavy atom. The van der Waals surface area contributed by atoms with E-state index >= 15 is 0 Å². The van der Waals surface area contributed by atoms with Crippen molar-refractivity contribution in [3.05, 3.63) is 48.0 Å². The van der Waals surface area contributed by atoms with E-state index in [9.17, 15) is 9.59 Å². The third kappa shape index (κ3) is 5.63. The van der Waals surface area contributed by atoms with Crippen LogP contribution in [0.5, 0.6) is 17.2 Å². The number of hydrogen-bond donors (Lipinski definition) is 1. The molecule has 3 rings (SSSR count). The monoisotopic (exact) mass is 399 g/mol. The van der Waals surface area contributed by atoms with Gasteiger partial charge in [-0.3, -0.25) is 4.79 Å². The molecule has 0 fully saturated rings. The van der Waals surface area contributed by atoms with Crippen LogP contribution in [0.4, 0.5) is 5.69 Å². The number of carbonyl (C=O) groups is 2. The maximum Gasteiger partial charge on any atom is 0.344 e. The normalized spacial score (nSPS) is 13.8. The van der Waals surface area contributed by atoms with Gasteiger partial charge in [-0.25, -0.2) is 4.79 Å². The molecule has 0 aliphatic carbocycles. The highest BCUT2D eigenvalue weighted by atomic mass is 16.6. The lowest BCUT2D eigenvalue weighted by molar-refractivity contribution is -0.145. The lowest BCUT2D eigenvalue weighted by atomic mass is 10.0. The van der Waals surface area contributed by atoms with E-state index in [0.717, 1.165) is 12.0 Å². The lowest BCUT2D eigenvalue weighted by Gasteiger charge is -2.18. The van der Waals surface area contributed by atoms with Gasteiger partial charge in [0.2, 0.25) is 0 Å². The number of esters is 1. The minimum Gasteiger partial charge on any atom is -0.483 e. The predicted molar refractivity (Wildman–Crippen MR) is 108 cm³/mol. The number of rotatable bonds is 8. The molecule has 0 atom stereocenters. The fourth-order valence-electron chi connectivity index (χ4n) is 3.05. The minimum atomic E-state index is -0.448. The number of para-hydroxylation sites is 1. The Labute approximate surface area is 169 Å². The van der Waals surface area contributed by atoms with Crippen molar-refractivity contribution in [1.82, 2.24) is 0 Å². The van der Waals surface area contributed by atoms with Gasteiger partial charge in [0, 0.05) is 23.7 Å². The third-order valence-electron chi connectivity index (χ3n) is 4.19. The van der Waals surface area contributed by atoms with Gasteiger partial charge in [-0.05, 0) is 39.0 Å². The molecule has 0 spiro atoms. The lowest BCUT2D eigenvalue weighted by Crippen LogP contribution is -2.25. The molecule has 0 saturated heterocycles. The fourth-order valence-corrected chi connectivity index (χ4v) is 3.05. The molecule has 7 heteroatoms. The van der Waals surface area contributed by atoms with Gasteiger partial charge in [0.25, 0.3) is 5.91 Å². The van der Waals surface area contributed by atoms with Crippen LogP contribution in [0.2, 0.25) is 0 Å². The van der Waals surface area contributed by atoms with Crippen molar-refractivity contribution >= 4 is 17.6 Å². The Hall–Kier alpha value is -3.22. The van der Waals surface area contributed by atoms with Crippen LogP contribution in [0, 0.1) is 0 Å². The largest absolute Gasteiger partial charge is 0.483 e. The topological polar surface area (TPSA) is 83.1 Å². The van der Waals surface area contributed by atoms with Crippen molar-refractivity contribution in [1.29, 1.82) is 0 Å². The van der Waals surface area contributed by atoms with Crippen LogP contribution < -0.4 is 19.5 Å². The quantitative estimate of drug-likeness (QED) is 0.686. The molecule has 2 aromatic rings. The highest BCUT2D eigenvalue weighted by molar-refractivity contribution is 5.92. The maximum atomic E-state index is 12.3. The average molecular weight is 399 g/mol. The van der Waals surface area contributed by atoms with Gasteiger partial charge in [0.05, 0.1) is 6.61 Å². The Morgan fingerprint density at radius 1 is 1.10 bits per heavy atom. The Balaban J connectivity index is 1.54. The van der Waals surface area contributed by atoms with E-state index in [2.05, 4.69) is 5.32 Å². The van der Waals surface area contributed by atoms with Crippen LogP contribution in [0.1, 0.15) is 26.3 Å². The first-order valence-corrected chi connectivity index (χ1v) is 9.48. The summed E-state index contributed by atoms with van der Waals surface area (Å²) >= 11 is 0. The first kappa shape index (κ1) is 20.5. The summed E-state index contributed by atoms with van der Waals surface area (Å²) in [6, 6.07) is 12.4. The second kappa shape index (κ2) is 8.86. The summed E-state index contributed by atoms with van der Waals surface area (Å²) in [6.07, 6.45) is 0.796. The summed E-state index contributed by atoms with van der Waals surface area (Å²) in [5, 5.41) is 2.75. The van der Waals surface area contributed by atoms with Crippen molar-refractivity contribution in [3.8, 4) is 17.2 Å². The number of fused-ring (bicyclic) bond motifs is 1. The van der Waals surface area contributed by atoms with Gasteiger partial charge in [0.15, 0.2) is 24.7 Å². The summed E-state index contributed by atoms with van der Waals surface area (Å²) in [5.74, 6) is 0.932. The standard InChI is InChI=1S/C22H25NO6/c1-4-26-20(25)14-27-17-9-6-8-16(11-17)23-19(24)13-28-18-10-5-7-15-12-22(2,3)29-21(15)18/h5-11H,4,12-14H2,1-3H3,(H,23,24). The molecule has 0 saturated carbocycles. The number of nitrogens with one attached hydrogen (secondary N) is 1. The second-order valence-corrected chi connectivity index (χ2v) is 7.24. The molecule has 1 N–H and O–H groups in total. The van der Waals surface area contributed by atoms with E-state index in [1.54, 1.807) is 37.3 Å². The van der Waals surface area contributed by atoms with Crippen LogP contribution >= 0.6 is 0 Å². The molecule has 0 aromatic heterocycles. The van der Waals surface area contributed by atoms with Gasteiger partial charge < -0.3 is 24.3 Å². The van der Waals surface area contributed by atoms with E-state index in [-0.39, 0.29) is 24.7 Å². The zero-order chi connectivity index (χ0) is 20.9. The second-order valence-electron chi connectivity index (χ2n) is 7.24. The van der Waals surface area contributed by atoms with Gasteiger partial charge in [-0.15, -0.1) is 0 Å². The molecule has 0 bridgehead atoms. The molecule has 0 radical (unpaired) electrons. The molecule has 29 heavy (non-hydrogen) atoms. The summed E-state index contributed by atoms with van der Waals surface area (Å²) in [5.41, 5.74) is 1.32. The molecule has 1 aliphatic rings. The average Bonchev–Trinajstić information content (AvgIpc) is 2.99. The van der Waals surface area contributed by atoms with Crippen LogP contribution in [0.25, 0.3) is 0 Å². The number of hydrogen-bond acceptors (Lipinski definition) is 6. The Morgan fingerprint density at radius 3 is 2.69 bits per heavy atom. The van der Waals surface area contributed by atoms with Crippen molar-refractivity contribution in [2.75, 3.05) is 25.1 Å². The van der Waals surface area contributed by atoms with E-state index in [1.807, 2.05) is 26.0 Å². The van der Waals surface area contributed by atoms with Crippen molar-refractivity contribution in [2.45, 2.75) is 32.8 Å². The molecule has 154 valence electrons. The van der Waals surface area contributed by atoms with Gasteiger partial charge in [-0.1, -0.05) is 18.2 Å². The van der Waals surface area contributed by atoms with E-state index < -0.39 is 5.97 Å². The Bertz CT molecular complexity index is 893. The fraction of sp³-hybridized carbons (Fsp3) is 0.364. The molecule has 7 nitrogen and oxygen atoms in total. The first-order chi connectivity index (χ1) is 13.9. The van der Waals surface area contributed by atoms with E-state index in [4.69, 9.17) is 18.9 Å². The smallest absolute Gasteiger partial charge is 0.344 e. The highest BCUT2D eigenvalue weighted by Gasteiger charge is 2.32. The van der Waals surface area contributed by atoms with E-state index in [1.165, 1.54) is 0 Å². The van der Waals surface area contributed by atoms with Crippen molar-refractivity contribution in [3.63, 3.8) is 0 Å². The summed E-state index contributed by atoms with van der Waals surface area (Å²) in [6.45, 7) is 5.71. The summed E-state index contributed by atoms with van der Waals surface area (Å²) in [4.78, 5) is 23.7. The Kier molecular flexibility index (Phi) is 6.26. The molecular weight excluding hydrogens is 374 g/mol. The van der Waals surface area contributed by atoms with Crippen LogP contribution in [-0.2, 0) is 20.7 Å². The third-order valence-corrected chi connectivity index (χ3v) is 4.19. The molecular formula is C22H25NO6. The van der Waals surface area contributed by atoms with Crippen molar-refractivity contribution in [2.24, 2.45) is 0 Å². The zero-order valence-electron chi connectivity index (χ0n) is 16.8. The highest BCUT2D eigenvalue weighted by Crippen LogP contribution is 2.41. The predicted octanol–water partition coefficient (Wildman–Crippen LogP) is 3.36. The van der Waals surface area contributed by atoms with Gasteiger partial charge in [0.1, 0.15) is 11.4 Å². The van der Waals surface area contributed by atoms with Crippen LogP contribution in [0.15, 0.2) is 42.5 Å². The van der Waals surface area contributed by atoms with E-state index in [0.29, 0.717) is 29.5 Å². The van der Waals surface area contributed by atoms with Gasteiger partial charge >= 0.3 is 5.97 Å². The molecule has 1 aliphatic heterocycles. The van der Waals surface area contributed by atoms with Crippen LogP contribution in [0.3, 0.4) is 0 Å². The molecule has 1 heterocycles. The first-order valence-electron chi connectivity index (χ1n) is 9.48. The number of ether oxygens (including phenoxy) is 4. The number of amides is 1. The summed E-state index contributed by atoms with van der Waals surface area (Å²) < 4.78 is 21.8. The number of benzene rings is 2. The SMILES string of the molecule is CCOC(=O)COc1cccc(NC(=O)COc2cccc3c2OC(C)(C)C3)c1. The molecule has 2 aromatic carbocycles. The minimum absolute atomic E-state index is 0.159. The zero-order valence-corrected chi connectivity index (χ0v) is 16.8. The maximum absolute atomic E-state index is 12.3. The molecule has 1 amide bonds. The van der Waals surface area contributed by atoms with Gasteiger partial charge in [-0.2, -0.15) is 0 Å². The number of carbonyl (C=O) groups excluding carboxylic acids is 2. The molecule has 0 unspecified atom stereocenters. The van der Waals surface area contributed by atoms with Crippen LogP contribution in [-0.4, -0.2) is 37.3 Å². The summed E-state index contributed by atoms with van der Waals surface area (Å²) in [7, 11) is 0. The van der Waals surface area contributed by atoms with Crippen molar-refractivity contribution < 1.29 is 28.5 Å².